The normalized spacial score (nSPS) is 16.8. The number of fused-ring (bicyclic) bond motifs is 1. The molecule has 142 valence electrons. The van der Waals surface area contributed by atoms with Gasteiger partial charge in [-0.25, -0.2) is 9.37 Å². The molecule has 1 aliphatic heterocycles. The molecule has 1 amide bonds. The second-order valence-corrected chi connectivity index (χ2v) is 7.11. The fraction of sp³-hybridized carbons (Fsp3) is 0.429. The number of nitrogens with one attached hydrogen (secondary N) is 1. The van der Waals surface area contributed by atoms with E-state index in [-0.39, 0.29) is 17.8 Å². The molecular formula is C21H23FN2O3. The van der Waals surface area contributed by atoms with Gasteiger partial charge < -0.3 is 14.8 Å². The van der Waals surface area contributed by atoms with E-state index in [2.05, 4.69) is 10.3 Å². The van der Waals surface area contributed by atoms with Gasteiger partial charge in [-0.1, -0.05) is 31.4 Å². The lowest BCUT2D eigenvalue weighted by atomic mass is 9.95. The number of aromatic nitrogens is 1. The van der Waals surface area contributed by atoms with Crippen LogP contribution in [0.1, 0.15) is 53.7 Å². The minimum Gasteiger partial charge on any atom is -0.484 e. The molecule has 0 saturated heterocycles. The molecule has 0 spiro atoms. The Morgan fingerprint density at radius 1 is 1.11 bits per heavy atom. The van der Waals surface area contributed by atoms with E-state index >= 15 is 0 Å². The molecule has 0 atom stereocenters. The van der Waals surface area contributed by atoms with Crippen molar-refractivity contribution in [2.24, 2.45) is 0 Å². The Kier molecular flexibility index (Phi) is 5.23. The van der Waals surface area contributed by atoms with Crippen molar-refractivity contribution in [2.45, 2.75) is 44.6 Å². The summed E-state index contributed by atoms with van der Waals surface area (Å²) in [4.78, 5) is 17.1. The average molecular weight is 370 g/mol. The first-order valence-corrected chi connectivity index (χ1v) is 9.54. The number of carbonyl (C=O) groups is 1. The third kappa shape index (κ3) is 4.21. The standard InChI is InChI=1S/C21H23FN2O3/c22-16-8-6-14(7-9-16)12-15-13-18(24-21-19(15)26-10-11-27-21)20(25)23-17-4-2-1-3-5-17/h6-9,13,17H,1-5,10-12H2,(H,23,25). The van der Waals surface area contributed by atoms with Crippen molar-refractivity contribution in [1.82, 2.24) is 10.3 Å². The van der Waals surface area contributed by atoms with Crippen molar-refractivity contribution >= 4 is 5.91 Å². The van der Waals surface area contributed by atoms with Crippen LogP contribution >= 0.6 is 0 Å². The SMILES string of the molecule is O=C(NC1CCCCC1)c1cc(Cc2ccc(F)cc2)c2c(n1)OCCO2. The summed E-state index contributed by atoms with van der Waals surface area (Å²) in [5, 5.41) is 3.09. The highest BCUT2D eigenvalue weighted by molar-refractivity contribution is 5.93. The van der Waals surface area contributed by atoms with E-state index in [0.717, 1.165) is 36.8 Å². The number of hydrogen-bond acceptors (Lipinski definition) is 4. The third-order valence-corrected chi connectivity index (χ3v) is 5.07. The summed E-state index contributed by atoms with van der Waals surface area (Å²) in [5.74, 6) is 0.469. The van der Waals surface area contributed by atoms with Crippen LogP contribution in [0.5, 0.6) is 11.6 Å². The number of benzene rings is 1. The van der Waals surface area contributed by atoms with Crippen LogP contribution in [0.25, 0.3) is 0 Å². The quantitative estimate of drug-likeness (QED) is 0.893. The van der Waals surface area contributed by atoms with Gasteiger partial charge in [0.25, 0.3) is 11.8 Å². The van der Waals surface area contributed by atoms with Crippen LogP contribution in [0.4, 0.5) is 4.39 Å². The van der Waals surface area contributed by atoms with Gasteiger partial charge >= 0.3 is 0 Å². The number of nitrogens with zero attached hydrogens (tertiary/aromatic N) is 1. The van der Waals surface area contributed by atoms with Crippen LogP contribution < -0.4 is 14.8 Å². The predicted molar refractivity (Wildman–Crippen MR) is 98.8 cm³/mol. The molecule has 2 aliphatic rings. The molecule has 1 N–H and O–H groups in total. The molecule has 1 aliphatic carbocycles. The van der Waals surface area contributed by atoms with E-state index in [1.807, 2.05) is 0 Å². The minimum atomic E-state index is -0.275. The summed E-state index contributed by atoms with van der Waals surface area (Å²) in [6.45, 7) is 0.850. The highest BCUT2D eigenvalue weighted by Gasteiger charge is 2.24. The Bertz CT molecular complexity index is 817. The first-order valence-electron chi connectivity index (χ1n) is 9.54. The highest BCUT2D eigenvalue weighted by Crippen LogP contribution is 2.34. The summed E-state index contributed by atoms with van der Waals surface area (Å²) in [6, 6.07) is 8.28. The molecular weight excluding hydrogens is 347 g/mol. The van der Waals surface area contributed by atoms with Crippen molar-refractivity contribution < 1.29 is 18.7 Å². The van der Waals surface area contributed by atoms with E-state index < -0.39 is 0 Å². The topological polar surface area (TPSA) is 60.5 Å². The lowest BCUT2D eigenvalue weighted by Crippen LogP contribution is -2.36. The molecule has 1 aromatic heterocycles. The molecule has 0 bridgehead atoms. The lowest BCUT2D eigenvalue weighted by Gasteiger charge is -2.24. The molecule has 1 aromatic carbocycles. The maximum absolute atomic E-state index is 13.2. The van der Waals surface area contributed by atoms with E-state index in [1.54, 1.807) is 18.2 Å². The van der Waals surface area contributed by atoms with Crippen LogP contribution in [0, 0.1) is 5.82 Å². The monoisotopic (exact) mass is 370 g/mol. The van der Waals surface area contributed by atoms with Crippen LogP contribution in [0.15, 0.2) is 30.3 Å². The Balaban J connectivity index is 1.60. The summed E-state index contributed by atoms with van der Waals surface area (Å²) in [6.07, 6.45) is 6.07. The molecule has 1 saturated carbocycles. The highest BCUT2D eigenvalue weighted by atomic mass is 19.1. The van der Waals surface area contributed by atoms with Crippen LogP contribution in [0.2, 0.25) is 0 Å². The first kappa shape index (κ1) is 17.8. The van der Waals surface area contributed by atoms with Crippen LogP contribution in [-0.2, 0) is 6.42 Å². The number of carbonyl (C=O) groups excluding carboxylic acids is 1. The number of halogens is 1. The number of rotatable bonds is 4. The van der Waals surface area contributed by atoms with Crippen molar-refractivity contribution in [3.63, 3.8) is 0 Å². The van der Waals surface area contributed by atoms with Gasteiger partial charge in [0.2, 0.25) is 0 Å². The Hall–Kier alpha value is -2.63. The number of hydrogen-bond donors (Lipinski definition) is 1. The number of ether oxygens (including phenoxy) is 2. The van der Waals surface area contributed by atoms with Gasteiger partial charge in [0.05, 0.1) is 0 Å². The zero-order chi connectivity index (χ0) is 18.6. The first-order chi connectivity index (χ1) is 13.2. The molecule has 27 heavy (non-hydrogen) atoms. The predicted octanol–water partition coefficient (Wildman–Crippen LogP) is 3.65. The van der Waals surface area contributed by atoms with E-state index in [0.29, 0.717) is 37.0 Å². The Morgan fingerprint density at radius 3 is 2.63 bits per heavy atom. The smallest absolute Gasteiger partial charge is 0.270 e. The van der Waals surface area contributed by atoms with Gasteiger partial charge in [0.1, 0.15) is 24.7 Å². The van der Waals surface area contributed by atoms with E-state index in [9.17, 15) is 9.18 Å². The summed E-state index contributed by atoms with van der Waals surface area (Å²) in [5.41, 5.74) is 2.08. The molecule has 2 heterocycles. The molecule has 0 unspecified atom stereocenters. The van der Waals surface area contributed by atoms with Crippen molar-refractivity contribution in [1.29, 1.82) is 0 Å². The molecule has 1 fully saturated rings. The summed E-state index contributed by atoms with van der Waals surface area (Å²) < 4.78 is 24.6. The van der Waals surface area contributed by atoms with Crippen LogP contribution in [-0.4, -0.2) is 30.1 Å². The second kappa shape index (κ2) is 7.94. The van der Waals surface area contributed by atoms with Gasteiger partial charge in [-0.05, 0) is 36.6 Å². The fourth-order valence-electron chi connectivity index (χ4n) is 3.67. The molecule has 2 aromatic rings. The van der Waals surface area contributed by atoms with E-state index in [4.69, 9.17) is 9.47 Å². The van der Waals surface area contributed by atoms with Crippen LogP contribution in [0.3, 0.4) is 0 Å². The van der Waals surface area contributed by atoms with Crippen molar-refractivity contribution in [2.75, 3.05) is 13.2 Å². The maximum Gasteiger partial charge on any atom is 0.270 e. The maximum atomic E-state index is 13.2. The lowest BCUT2D eigenvalue weighted by molar-refractivity contribution is 0.0919. The van der Waals surface area contributed by atoms with Crippen molar-refractivity contribution in [3.05, 3.63) is 53.0 Å². The molecule has 5 nitrogen and oxygen atoms in total. The summed E-state index contributed by atoms with van der Waals surface area (Å²) >= 11 is 0. The van der Waals surface area contributed by atoms with Gasteiger partial charge in [0, 0.05) is 18.0 Å². The van der Waals surface area contributed by atoms with Gasteiger partial charge in [-0.2, -0.15) is 0 Å². The minimum absolute atomic E-state index is 0.181. The Labute approximate surface area is 157 Å². The fourth-order valence-corrected chi connectivity index (χ4v) is 3.67. The van der Waals surface area contributed by atoms with Crippen molar-refractivity contribution in [3.8, 4) is 11.6 Å². The zero-order valence-electron chi connectivity index (χ0n) is 15.2. The number of amides is 1. The van der Waals surface area contributed by atoms with Gasteiger partial charge in [-0.15, -0.1) is 0 Å². The largest absolute Gasteiger partial charge is 0.484 e. The number of pyridine rings is 1. The third-order valence-electron chi connectivity index (χ3n) is 5.07. The summed E-state index contributed by atoms with van der Waals surface area (Å²) in [7, 11) is 0. The Morgan fingerprint density at radius 2 is 1.85 bits per heavy atom. The molecule has 4 rings (SSSR count). The average Bonchev–Trinajstić information content (AvgIpc) is 2.70. The second-order valence-electron chi connectivity index (χ2n) is 7.11. The van der Waals surface area contributed by atoms with Gasteiger partial charge in [0.15, 0.2) is 5.75 Å². The zero-order valence-corrected chi connectivity index (χ0v) is 15.2. The van der Waals surface area contributed by atoms with Gasteiger partial charge in [-0.3, -0.25) is 4.79 Å². The molecule has 6 heteroatoms. The molecule has 0 radical (unpaired) electrons. The van der Waals surface area contributed by atoms with E-state index in [1.165, 1.54) is 18.6 Å².